The highest BCUT2D eigenvalue weighted by atomic mass is 35.5. The van der Waals surface area contributed by atoms with Crippen LogP contribution < -0.4 is 10.1 Å². The molecule has 24 heavy (non-hydrogen) atoms. The summed E-state index contributed by atoms with van der Waals surface area (Å²) in [6, 6.07) is 13.3. The second-order valence-electron chi connectivity index (χ2n) is 5.58. The number of rotatable bonds is 7. The van der Waals surface area contributed by atoms with E-state index in [0.717, 1.165) is 11.1 Å². The Morgan fingerprint density at radius 1 is 1.12 bits per heavy atom. The molecular formula is C18H22Cl3NO2. The van der Waals surface area contributed by atoms with Gasteiger partial charge in [0.05, 0.1) is 5.02 Å². The van der Waals surface area contributed by atoms with Gasteiger partial charge in [-0.05, 0) is 49.2 Å². The SMILES string of the molecule is Cc1ccc(OCC(O)CNC(C)c2ccc(Cl)cc2)c(Cl)c1.Cl. The smallest absolute Gasteiger partial charge is 0.138 e. The first-order chi connectivity index (χ1) is 11.0. The maximum atomic E-state index is 10.0. The minimum atomic E-state index is -0.623. The molecule has 0 saturated carbocycles. The van der Waals surface area contributed by atoms with E-state index in [9.17, 15) is 5.11 Å². The summed E-state index contributed by atoms with van der Waals surface area (Å²) in [6.07, 6.45) is -0.623. The van der Waals surface area contributed by atoms with Gasteiger partial charge in [0, 0.05) is 17.6 Å². The molecule has 2 aromatic carbocycles. The number of aryl methyl sites for hydroxylation is 1. The van der Waals surface area contributed by atoms with Crippen molar-refractivity contribution in [2.45, 2.75) is 26.0 Å². The lowest BCUT2D eigenvalue weighted by molar-refractivity contribution is 0.104. The van der Waals surface area contributed by atoms with Gasteiger partial charge in [0.25, 0.3) is 0 Å². The normalized spacial score (nSPS) is 13.0. The van der Waals surface area contributed by atoms with Crippen LogP contribution in [0.15, 0.2) is 42.5 Å². The van der Waals surface area contributed by atoms with E-state index in [1.54, 1.807) is 0 Å². The van der Waals surface area contributed by atoms with Gasteiger partial charge < -0.3 is 15.2 Å². The Hall–Kier alpha value is -0.970. The highest BCUT2D eigenvalue weighted by Gasteiger charge is 2.10. The number of aliphatic hydroxyl groups is 1. The van der Waals surface area contributed by atoms with Gasteiger partial charge in [0.2, 0.25) is 0 Å². The number of benzene rings is 2. The molecule has 0 aliphatic rings. The Morgan fingerprint density at radius 2 is 1.79 bits per heavy atom. The molecule has 0 spiro atoms. The standard InChI is InChI=1S/C18H21Cl2NO2.ClH/c1-12-3-8-18(17(20)9-12)23-11-16(22)10-21-13(2)14-4-6-15(19)7-5-14;/h3-9,13,16,21-22H,10-11H2,1-2H3;1H. The first-order valence-electron chi connectivity index (χ1n) is 7.51. The molecule has 2 atom stereocenters. The van der Waals surface area contributed by atoms with Crippen molar-refractivity contribution in [1.82, 2.24) is 5.32 Å². The van der Waals surface area contributed by atoms with Crippen molar-refractivity contribution in [2.75, 3.05) is 13.2 Å². The fourth-order valence-corrected chi connectivity index (χ4v) is 2.57. The van der Waals surface area contributed by atoms with Gasteiger partial charge >= 0.3 is 0 Å². The van der Waals surface area contributed by atoms with E-state index in [0.29, 0.717) is 22.3 Å². The third-order valence-electron chi connectivity index (χ3n) is 3.55. The second kappa shape index (κ2) is 10.1. The van der Waals surface area contributed by atoms with E-state index in [1.807, 2.05) is 56.3 Å². The van der Waals surface area contributed by atoms with E-state index >= 15 is 0 Å². The zero-order valence-corrected chi connectivity index (χ0v) is 16.0. The Kier molecular flexibility index (Phi) is 8.88. The Morgan fingerprint density at radius 3 is 2.42 bits per heavy atom. The van der Waals surface area contributed by atoms with Gasteiger partial charge in [0.15, 0.2) is 0 Å². The minimum absolute atomic E-state index is 0. The van der Waals surface area contributed by atoms with Gasteiger partial charge in [-0.15, -0.1) is 12.4 Å². The molecule has 2 rings (SSSR count). The zero-order valence-electron chi connectivity index (χ0n) is 13.6. The van der Waals surface area contributed by atoms with Crippen LogP contribution in [0.2, 0.25) is 10.0 Å². The summed E-state index contributed by atoms with van der Waals surface area (Å²) < 4.78 is 5.57. The fraction of sp³-hybridized carbons (Fsp3) is 0.333. The van der Waals surface area contributed by atoms with Crippen LogP contribution in [-0.2, 0) is 0 Å². The number of nitrogens with one attached hydrogen (secondary N) is 1. The van der Waals surface area contributed by atoms with Crippen LogP contribution >= 0.6 is 35.6 Å². The summed E-state index contributed by atoms with van der Waals surface area (Å²) in [5.74, 6) is 0.585. The second-order valence-corrected chi connectivity index (χ2v) is 6.42. The summed E-state index contributed by atoms with van der Waals surface area (Å²) >= 11 is 12.0. The van der Waals surface area contributed by atoms with Crippen LogP contribution in [0.25, 0.3) is 0 Å². The molecule has 0 amide bonds. The first-order valence-corrected chi connectivity index (χ1v) is 8.27. The Bertz CT molecular complexity index is 635. The maximum absolute atomic E-state index is 10.0. The first kappa shape index (κ1) is 21.1. The third-order valence-corrected chi connectivity index (χ3v) is 4.10. The minimum Gasteiger partial charge on any atom is -0.489 e. The van der Waals surface area contributed by atoms with E-state index in [2.05, 4.69) is 5.32 Å². The largest absolute Gasteiger partial charge is 0.489 e. The predicted octanol–water partition coefficient (Wildman–Crippen LogP) is 4.81. The third kappa shape index (κ3) is 6.50. The molecular weight excluding hydrogens is 369 g/mol. The molecule has 6 heteroatoms. The quantitative estimate of drug-likeness (QED) is 0.712. The average Bonchev–Trinajstić information content (AvgIpc) is 2.52. The number of ether oxygens (including phenoxy) is 1. The van der Waals surface area contributed by atoms with E-state index in [1.165, 1.54) is 0 Å². The molecule has 2 aromatic rings. The molecule has 0 saturated heterocycles. The van der Waals surface area contributed by atoms with Gasteiger partial charge in [-0.1, -0.05) is 41.4 Å². The van der Waals surface area contributed by atoms with E-state index < -0.39 is 6.10 Å². The molecule has 132 valence electrons. The topological polar surface area (TPSA) is 41.5 Å². The van der Waals surface area contributed by atoms with E-state index in [4.69, 9.17) is 27.9 Å². The van der Waals surface area contributed by atoms with Crippen LogP contribution in [0.1, 0.15) is 24.1 Å². The lowest BCUT2D eigenvalue weighted by Crippen LogP contribution is -2.33. The molecule has 2 N–H and O–H groups in total. The van der Waals surface area contributed by atoms with Crippen LogP contribution in [0.3, 0.4) is 0 Å². The molecule has 0 aliphatic heterocycles. The van der Waals surface area contributed by atoms with E-state index in [-0.39, 0.29) is 25.1 Å². The van der Waals surface area contributed by atoms with Crippen molar-refractivity contribution in [3.8, 4) is 5.75 Å². The highest BCUT2D eigenvalue weighted by molar-refractivity contribution is 6.32. The summed E-state index contributed by atoms with van der Waals surface area (Å²) in [7, 11) is 0. The summed E-state index contributed by atoms with van der Waals surface area (Å²) in [5, 5.41) is 14.6. The Balaban J connectivity index is 0.00000288. The number of aliphatic hydroxyl groups excluding tert-OH is 1. The average molecular weight is 391 g/mol. The van der Waals surface area contributed by atoms with Crippen molar-refractivity contribution < 1.29 is 9.84 Å². The lowest BCUT2D eigenvalue weighted by Gasteiger charge is -2.18. The molecule has 0 fully saturated rings. The van der Waals surface area contributed by atoms with Gasteiger partial charge in [-0.3, -0.25) is 0 Å². The van der Waals surface area contributed by atoms with Crippen molar-refractivity contribution in [3.63, 3.8) is 0 Å². The highest BCUT2D eigenvalue weighted by Crippen LogP contribution is 2.25. The number of hydrogen-bond acceptors (Lipinski definition) is 3. The lowest BCUT2D eigenvalue weighted by atomic mass is 10.1. The molecule has 0 aromatic heterocycles. The zero-order chi connectivity index (χ0) is 16.8. The number of hydrogen-bond donors (Lipinski definition) is 2. The molecule has 2 unspecified atom stereocenters. The molecule has 0 aliphatic carbocycles. The molecule has 0 heterocycles. The molecule has 0 radical (unpaired) electrons. The predicted molar refractivity (Wildman–Crippen MR) is 103 cm³/mol. The van der Waals surface area contributed by atoms with Crippen LogP contribution in [0.5, 0.6) is 5.75 Å². The maximum Gasteiger partial charge on any atom is 0.138 e. The van der Waals surface area contributed by atoms with Gasteiger partial charge in [-0.25, -0.2) is 0 Å². The summed E-state index contributed by atoms with van der Waals surface area (Å²) in [5.41, 5.74) is 2.19. The van der Waals surface area contributed by atoms with Crippen molar-refractivity contribution in [2.24, 2.45) is 0 Å². The van der Waals surface area contributed by atoms with Crippen molar-refractivity contribution in [3.05, 3.63) is 63.6 Å². The molecule has 0 bridgehead atoms. The van der Waals surface area contributed by atoms with Crippen molar-refractivity contribution in [1.29, 1.82) is 0 Å². The monoisotopic (exact) mass is 389 g/mol. The summed E-state index contributed by atoms with van der Waals surface area (Å²) in [4.78, 5) is 0. The van der Waals surface area contributed by atoms with Crippen LogP contribution in [-0.4, -0.2) is 24.4 Å². The number of halogens is 3. The van der Waals surface area contributed by atoms with Crippen LogP contribution in [0.4, 0.5) is 0 Å². The van der Waals surface area contributed by atoms with Gasteiger partial charge in [-0.2, -0.15) is 0 Å². The van der Waals surface area contributed by atoms with Gasteiger partial charge in [0.1, 0.15) is 18.5 Å². The molecule has 3 nitrogen and oxygen atoms in total. The fourth-order valence-electron chi connectivity index (χ4n) is 2.15. The van der Waals surface area contributed by atoms with Crippen LogP contribution in [0, 0.1) is 6.92 Å². The summed E-state index contributed by atoms with van der Waals surface area (Å²) in [6.45, 7) is 4.61. The Labute approximate surface area is 159 Å². The van der Waals surface area contributed by atoms with Crippen molar-refractivity contribution >= 4 is 35.6 Å².